The highest BCUT2D eigenvalue weighted by Crippen LogP contribution is 2.27. The predicted molar refractivity (Wildman–Crippen MR) is 100 cm³/mol. The summed E-state index contributed by atoms with van der Waals surface area (Å²) >= 11 is 0. The topological polar surface area (TPSA) is 62.2 Å². The lowest BCUT2D eigenvalue weighted by atomic mass is 9.93. The molecule has 0 unspecified atom stereocenters. The minimum absolute atomic E-state index is 0.113. The second kappa shape index (κ2) is 7.40. The SMILES string of the molecule is Cc1cncc(C2CCN(C(=O)c3ccnc(N4CCCC4)c3)CC2)n1. The number of pyridine rings is 1. The standard InChI is InChI=1S/C20H25N5O/c1-15-13-21-14-18(23-15)16-5-10-25(11-6-16)20(26)17-4-7-22-19(12-17)24-8-2-3-9-24/h4,7,12-14,16H,2-3,5-6,8-11H2,1H3. The third-order valence-corrected chi connectivity index (χ3v) is 5.40. The van der Waals surface area contributed by atoms with Crippen molar-refractivity contribution in [2.75, 3.05) is 31.1 Å². The van der Waals surface area contributed by atoms with Gasteiger partial charge in [-0.1, -0.05) is 0 Å². The van der Waals surface area contributed by atoms with Crippen LogP contribution < -0.4 is 4.90 Å². The van der Waals surface area contributed by atoms with Crippen molar-refractivity contribution in [3.63, 3.8) is 0 Å². The van der Waals surface area contributed by atoms with E-state index in [1.165, 1.54) is 12.8 Å². The van der Waals surface area contributed by atoms with Crippen molar-refractivity contribution in [1.82, 2.24) is 19.9 Å². The highest BCUT2D eigenvalue weighted by Gasteiger charge is 2.26. The predicted octanol–water partition coefficient (Wildman–Crippen LogP) is 2.80. The fourth-order valence-corrected chi connectivity index (χ4v) is 3.91. The molecule has 6 nitrogen and oxygen atoms in total. The highest BCUT2D eigenvalue weighted by atomic mass is 16.2. The zero-order chi connectivity index (χ0) is 17.9. The molecule has 2 saturated heterocycles. The molecule has 4 rings (SSSR count). The molecule has 0 aromatic carbocycles. The lowest BCUT2D eigenvalue weighted by Gasteiger charge is -2.32. The number of likely N-dealkylation sites (tertiary alicyclic amines) is 1. The zero-order valence-corrected chi connectivity index (χ0v) is 15.3. The zero-order valence-electron chi connectivity index (χ0n) is 15.3. The molecule has 136 valence electrons. The molecule has 0 radical (unpaired) electrons. The number of aryl methyl sites for hydroxylation is 1. The van der Waals surface area contributed by atoms with E-state index < -0.39 is 0 Å². The second-order valence-corrected chi connectivity index (χ2v) is 7.25. The Morgan fingerprint density at radius 3 is 2.62 bits per heavy atom. The average Bonchev–Trinajstić information content (AvgIpc) is 3.23. The van der Waals surface area contributed by atoms with E-state index in [4.69, 9.17) is 0 Å². The first-order valence-corrected chi connectivity index (χ1v) is 9.49. The van der Waals surface area contributed by atoms with Crippen LogP contribution in [0.5, 0.6) is 0 Å². The molecule has 26 heavy (non-hydrogen) atoms. The van der Waals surface area contributed by atoms with Crippen LogP contribution in [-0.2, 0) is 0 Å². The van der Waals surface area contributed by atoms with Crippen molar-refractivity contribution in [2.24, 2.45) is 0 Å². The molecule has 2 aliphatic rings. The number of amides is 1. The van der Waals surface area contributed by atoms with Gasteiger partial charge in [-0.05, 0) is 44.7 Å². The first-order valence-electron chi connectivity index (χ1n) is 9.49. The van der Waals surface area contributed by atoms with Crippen LogP contribution in [0.3, 0.4) is 0 Å². The van der Waals surface area contributed by atoms with Crippen LogP contribution >= 0.6 is 0 Å². The van der Waals surface area contributed by atoms with Crippen LogP contribution in [0.1, 0.15) is 53.3 Å². The molecule has 0 N–H and O–H groups in total. The summed E-state index contributed by atoms with van der Waals surface area (Å²) in [4.78, 5) is 30.4. The summed E-state index contributed by atoms with van der Waals surface area (Å²) in [5.41, 5.74) is 2.75. The fourth-order valence-electron chi connectivity index (χ4n) is 3.91. The van der Waals surface area contributed by atoms with E-state index in [2.05, 4.69) is 19.9 Å². The second-order valence-electron chi connectivity index (χ2n) is 7.25. The molecule has 2 fully saturated rings. The Hall–Kier alpha value is -2.50. The van der Waals surface area contributed by atoms with Crippen LogP contribution in [0.25, 0.3) is 0 Å². The maximum atomic E-state index is 12.9. The van der Waals surface area contributed by atoms with Crippen LogP contribution in [0.2, 0.25) is 0 Å². The molecule has 0 aliphatic carbocycles. The first kappa shape index (κ1) is 16.9. The minimum atomic E-state index is 0.113. The summed E-state index contributed by atoms with van der Waals surface area (Å²) in [6.07, 6.45) is 9.69. The molecule has 2 aliphatic heterocycles. The van der Waals surface area contributed by atoms with Gasteiger partial charge >= 0.3 is 0 Å². The van der Waals surface area contributed by atoms with E-state index in [1.54, 1.807) is 12.4 Å². The van der Waals surface area contributed by atoms with Gasteiger partial charge < -0.3 is 9.80 Å². The summed E-state index contributed by atoms with van der Waals surface area (Å²) in [6, 6.07) is 3.78. The molecule has 6 heteroatoms. The lowest BCUT2D eigenvalue weighted by molar-refractivity contribution is 0.0712. The minimum Gasteiger partial charge on any atom is -0.357 e. The van der Waals surface area contributed by atoms with Gasteiger partial charge in [-0.25, -0.2) is 4.98 Å². The van der Waals surface area contributed by atoms with Gasteiger partial charge in [0.15, 0.2) is 0 Å². The number of hydrogen-bond acceptors (Lipinski definition) is 5. The van der Waals surface area contributed by atoms with Gasteiger partial charge in [0.05, 0.1) is 11.4 Å². The largest absolute Gasteiger partial charge is 0.357 e. The van der Waals surface area contributed by atoms with Crippen molar-refractivity contribution in [3.05, 3.63) is 47.7 Å². The van der Waals surface area contributed by atoms with Gasteiger partial charge in [0.2, 0.25) is 0 Å². The smallest absolute Gasteiger partial charge is 0.254 e. The Bertz CT molecular complexity index is 779. The Morgan fingerprint density at radius 2 is 1.88 bits per heavy atom. The Labute approximate surface area is 154 Å². The van der Waals surface area contributed by atoms with Crippen LogP contribution in [0, 0.1) is 6.92 Å². The van der Waals surface area contributed by atoms with E-state index in [1.807, 2.05) is 30.2 Å². The van der Waals surface area contributed by atoms with E-state index in [-0.39, 0.29) is 5.91 Å². The summed E-state index contributed by atoms with van der Waals surface area (Å²) in [6.45, 7) is 5.57. The Kier molecular flexibility index (Phi) is 4.82. The number of rotatable bonds is 3. The number of carbonyl (C=O) groups is 1. The van der Waals surface area contributed by atoms with Crippen molar-refractivity contribution < 1.29 is 4.79 Å². The normalized spacial score (nSPS) is 18.3. The van der Waals surface area contributed by atoms with Crippen LogP contribution in [0.4, 0.5) is 5.82 Å². The van der Waals surface area contributed by atoms with Crippen LogP contribution in [-0.4, -0.2) is 51.9 Å². The Morgan fingerprint density at radius 1 is 1.12 bits per heavy atom. The van der Waals surface area contributed by atoms with Gasteiger partial charge in [-0.3, -0.25) is 14.8 Å². The number of piperidine rings is 1. The van der Waals surface area contributed by atoms with Gasteiger partial charge in [0, 0.05) is 56.3 Å². The van der Waals surface area contributed by atoms with Gasteiger partial charge in [-0.15, -0.1) is 0 Å². The average molecular weight is 351 g/mol. The molecule has 4 heterocycles. The fraction of sp³-hybridized carbons (Fsp3) is 0.500. The quantitative estimate of drug-likeness (QED) is 0.851. The van der Waals surface area contributed by atoms with E-state index >= 15 is 0 Å². The molecular formula is C20H25N5O. The summed E-state index contributed by atoms with van der Waals surface area (Å²) in [5.74, 6) is 1.43. The van der Waals surface area contributed by atoms with Gasteiger partial charge in [0.1, 0.15) is 5.82 Å². The van der Waals surface area contributed by atoms with Gasteiger partial charge in [-0.2, -0.15) is 0 Å². The van der Waals surface area contributed by atoms with Crippen molar-refractivity contribution >= 4 is 11.7 Å². The number of carbonyl (C=O) groups excluding carboxylic acids is 1. The number of anilines is 1. The van der Waals surface area contributed by atoms with E-state index in [0.29, 0.717) is 5.92 Å². The highest BCUT2D eigenvalue weighted by molar-refractivity contribution is 5.95. The molecule has 1 amide bonds. The first-order chi connectivity index (χ1) is 12.7. The van der Waals surface area contributed by atoms with E-state index in [9.17, 15) is 4.79 Å². The monoisotopic (exact) mass is 351 g/mol. The third kappa shape index (κ3) is 3.54. The molecule has 2 aromatic rings. The lowest BCUT2D eigenvalue weighted by Crippen LogP contribution is -2.38. The van der Waals surface area contributed by atoms with Crippen LogP contribution in [0.15, 0.2) is 30.7 Å². The molecule has 0 bridgehead atoms. The molecule has 0 atom stereocenters. The Balaban J connectivity index is 1.41. The summed E-state index contributed by atoms with van der Waals surface area (Å²) in [7, 11) is 0. The number of hydrogen-bond donors (Lipinski definition) is 0. The van der Waals surface area contributed by atoms with Crippen molar-refractivity contribution in [1.29, 1.82) is 0 Å². The third-order valence-electron chi connectivity index (χ3n) is 5.40. The van der Waals surface area contributed by atoms with Crippen molar-refractivity contribution in [2.45, 2.75) is 38.5 Å². The summed E-state index contributed by atoms with van der Waals surface area (Å²) in [5, 5.41) is 0. The molecule has 0 spiro atoms. The van der Waals surface area contributed by atoms with Gasteiger partial charge in [0.25, 0.3) is 5.91 Å². The number of aromatic nitrogens is 3. The maximum absolute atomic E-state index is 12.9. The van der Waals surface area contributed by atoms with Crippen molar-refractivity contribution in [3.8, 4) is 0 Å². The summed E-state index contributed by atoms with van der Waals surface area (Å²) < 4.78 is 0. The number of nitrogens with zero attached hydrogens (tertiary/aromatic N) is 5. The molecule has 2 aromatic heterocycles. The van der Waals surface area contributed by atoms with E-state index in [0.717, 1.165) is 61.8 Å². The molecule has 0 saturated carbocycles. The maximum Gasteiger partial charge on any atom is 0.254 e. The molecular weight excluding hydrogens is 326 g/mol.